The number of benzene rings is 2. The van der Waals surface area contributed by atoms with Gasteiger partial charge in [-0.1, -0.05) is 18.2 Å². The molecule has 25 heavy (non-hydrogen) atoms. The summed E-state index contributed by atoms with van der Waals surface area (Å²) in [6, 6.07) is 14.2. The van der Waals surface area contributed by atoms with Gasteiger partial charge in [0.15, 0.2) is 0 Å². The molecule has 132 valence electrons. The van der Waals surface area contributed by atoms with Crippen LogP contribution in [0.2, 0.25) is 0 Å². The molecule has 0 saturated heterocycles. The second kappa shape index (κ2) is 8.73. The fourth-order valence-corrected chi connectivity index (χ4v) is 2.11. The van der Waals surface area contributed by atoms with E-state index in [0.717, 1.165) is 11.3 Å². The van der Waals surface area contributed by atoms with Crippen LogP contribution in [0.4, 0.5) is 5.69 Å². The van der Waals surface area contributed by atoms with E-state index in [9.17, 15) is 9.59 Å². The Morgan fingerprint density at radius 2 is 1.72 bits per heavy atom. The van der Waals surface area contributed by atoms with Crippen molar-refractivity contribution < 1.29 is 19.1 Å². The summed E-state index contributed by atoms with van der Waals surface area (Å²) in [6.07, 6.45) is 0.103. The highest BCUT2D eigenvalue weighted by atomic mass is 16.5. The fraction of sp³-hybridized carbons (Fsp3) is 0.263. The largest absolute Gasteiger partial charge is 0.497 e. The Morgan fingerprint density at radius 1 is 1.00 bits per heavy atom. The molecule has 0 aliphatic rings. The zero-order chi connectivity index (χ0) is 18.2. The third kappa shape index (κ3) is 5.84. The number of amides is 2. The van der Waals surface area contributed by atoms with Crippen LogP contribution in [0.3, 0.4) is 0 Å². The van der Waals surface area contributed by atoms with Gasteiger partial charge in [0, 0.05) is 18.3 Å². The van der Waals surface area contributed by atoms with Crippen molar-refractivity contribution in [3.05, 3.63) is 54.1 Å². The highest BCUT2D eigenvalue weighted by Crippen LogP contribution is 2.16. The second-order valence-electron chi connectivity index (χ2n) is 5.68. The Labute approximate surface area is 147 Å². The summed E-state index contributed by atoms with van der Waals surface area (Å²) in [4.78, 5) is 23.8. The number of carbonyl (C=O) groups is 2. The molecule has 0 aromatic heterocycles. The molecular formula is C19H22N2O4. The van der Waals surface area contributed by atoms with Gasteiger partial charge in [0.25, 0.3) is 0 Å². The maximum Gasteiger partial charge on any atom is 0.313 e. The lowest BCUT2D eigenvalue weighted by atomic mass is 10.2. The van der Waals surface area contributed by atoms with E-state index in [2.05, 4.69) is 10.6 Å². The van der Waals surface area contributed by atoms with E-state index in [-0.39, 0.29) is 12.6 Å². The van der Waals surface area contributed by atoms with Gasteiger partial charge >= 0.3 is 11.8 Å². The molecule has 2 aromatic carbocycles. The molecule has 2 N–H and O–H groups in total. The van der Waals surface area contributed by atoms with Crippen LogP contribution in [0.15, 0.2) is 48.5 Å². The van der Waals surface area contributed by atoms with Gasteiger partial charge in [0.2, 0.25) is 0 Å². The first-order chi connectivity index (χ1) is 12.0. The van der Waals surface area contributed by atoms with Crippen LogP contribution in [-0.2, 0) is 16.1 Å². The molecule has 0 radical (unpaired) electrons. The van der Waals surface area contributed by atoms with Gasteiger partial charge in [0.1, 0.15) is 11.5 Å². The first-order valence-electron chi connectivity index (χ1n) is 7.96. The summed E-state index contributed by atoms with van der Waals surface area (Å²) in [5, 5.41) is 5.12. The SMILES string of the molecule is COc1cccc(NC(=O)C(=O)NCc2ccc(OC(C)C)cc2)c1. The third-order valence-corrected chi connectivity index (χ3v) is 3.28. The highest BCUT2D eigenvalue weighted by molar-refractivity contribution is 6.39. The summed E-state index contributed by atoms with van der Waals surface area (Å²) in [5.74, 6) is -0.0684. The van der Waals surface area contributed by atoms with Crippen molar-refractivity contribution in [1.82, 2.24) is 5.32 Å². The van der Waals surface area contributed by atoms with Gasteiger partial charge in [-0.2, -0.15) is 0 Å². The lowest BCUT2D eigenvalue weighted by Crippen LogP contribution is -2.34. The van der Waals surface area contributed by atoms with Gasteiger partial charge < -0.3 is 20.1 Å². The van der Waals surface area contributed by atoms with Crippen LogP contribution in [-0.4, -0.2) is 25.0 Å². The van der Waals surface area contributed by atoms with Crippen LogP contribution >= 0.6 is 0 Å². The number of anilines is 1. The van der Waals surface area contributed by atoms with Crippen LogP contribution in [0, 0.1) is 0 Å². The minimum absolute atomic E-state index is 0.103. The monoisotopic (exact) mass is 342 g/mol. The molecule has 6 nitrogen and oxygen atoms in total. The Kier molecular flexibility index (Phi) is 6.39. The Hall–Kier alpha value is -3.02. The number of nitrogens with one attached hydrogen (secondary N) is 2. The molecule has 2 amide bonds. The fourth-order valence-electron chi connectivity index (χ4n) is 2.11. The van der Waals surface area contributed by atoms with Gasteiger partial charge in [-0.25, -0.2) is 0 Å². The molecule has 2 rings (SSSR count). The number of hydrogen-bond acceptors (Lipinski definition) is 4. The number of hydrogen-bond donors (Lipinski definition) is 2. The third-order valence-electron chi connectivity index (χ3n) is 3.28. The Balaban J connectivity index is 1.85. The van der Waals surface area contributed by atoms with Gasteiger partial charge in [-0.05, 0) is 43.7 Å². The van der Waals surface area contributed by atoms with Crippen molar-refractivity contribution in [3.8, 4) is 11.5 Å². The molecule has 0 aliphatic carbocycles. The predicted molar refractivity (Wildman–Crippen MR) is 95.7 cm³/mol. The molecule has 0 fully saturated rings. The zero-order valence-corrected chi connectivity index (χ0v) is 14.5. The second-order valence-corrected chi connectivity index (χ2v) is 5.68. The minimum atomic E-state index is -0.729. The number of methoxy groups -OCH3 is 1. The molecule has 0 spiro atoms. The van der Waals surface area contributed by atoms with Gasteiger partial charge in [-0.15, -0.1) is 0 Å². The van der Waals surface area contributed by atoms with E-state index < -0.39 is 11.8 Å². The Morgan fingerprint density at radius 3 is 2.36 bits per heavy atom. The summed E-state index contributed by atoms with van der Waals surface area (Å²) < 4.78 is 10.6. The first-order valence-corrected chi connectivity index (χ1v) is 7.96. The summed E-state index contributed by atoms with van der Waals surface area (Å²) in [5.41, 5.74) is 1.37. The number of rotatable bonds is 6. The molecular weight excluding hydrogens is 320 g/mol. The summed E-state index contributed by atoms with van der Waals surface area (Å²) >= 11 is 0. The lowest BCUT2D eigenvalue weighted by molar-refractivity contribution is -0.136. The smallest absolute Gasteiger partial charge is 0.313 e. The topological polar surface area (TPSA) is 76.7 Å². The van der Waals surface area contributed by atoms with E-state index in [1.807, 2.05) is 38.1 Å². The van der Waals surface area contributed by atoms with Crippen LogP contribution in [0.1, 0.15) is 19.4 Å². The molecule has 0 unspecified atom stereocenters. The highest BCUT2D eigenvalue weighted by Gasteiger charge is 2.13. The molecule has 6 heteroatoms. The van der Waals surface area contributed by atoms with E-state index in [1.54, 1.807) is 24.3 Å². The zero-order valence-electron chi connectivity index (χ0n) is 14.5. The maximum absolute atomic E-state index is 11.9. The average Bonchev–Trinajstić information content (AvgIpc) is 2.60. The normalized spacial score (nSPS) is 10.2. The van der Waals surface area contributed by atoms with Gasteiger partial charge in [-0.3, -0.25) is 9.59 Å². The molecule has 0 heterocycles. The maximum atomic E-state index is 11.9. The molecule has 2 aromatic rings. The first kappa shape index (κ1) is 18.3. The van der Waals surface area contributed by atoms with Crippen molar-refractivity contribution >= 4 is 17.5 Å². The van der Waals surface area contributed by atoms with Crippen LogP contribution in [0.25, 0.3) is 0 Å². The Bertz CT molecular complexity index is 726. The van der Waals surface area contributed by atoms with Crippen molar-refractivity contribution in [1.29, 1.82) is 0 Å². The number of ether oxygens (including phenoxy) is 2. The number of carbonyl (C=O) groups excluding carboxylic acids is 2. The van der Waals surface area contributed by atoms with Crippen molar-refractivity contribution in [2.45, 2.75) is 26.5 Å². The molecule has 0 bridgehead atoms. The molecule has 0 aliphatic heterocycles. The van der Waals surface area contributed by atoms with E-state index >= 15 is 0 Å². The average molecular weight is 342 g/mol. The summed E-state index contributed by atoms with van der Waals surface area (Å²) in [7, 11) is 1.53. The van der Waals surface area contributed by atoms with Gasteiger partial charge in [0.05, 0.1) is 13.2 Å². The summed E-state index contributed by atoms with van der Waals surface area (Å²) in [6.45, 7) is 4.16. The van der Waals surface area contributed by atoms with Crippen LogP contribution < -0.4 is 20.1 Å². The predicted octanol–water partition coefficient (Wildman–Crippen LogP) is 2.74. The quantitative estimate of drug-likeness (QED) is 0.792. The molecule has 0 atom stereocenters. The van der Waals surface area contributed by atoms with Crippen LogP contribution in [0.5, 0.6) is 11.5 Å². The van der Waals surface area contributed by atoms with Crippen molar-refractivity contribution in [2.24, 2.45) is 0 Å². The lowest BCUT2D eigenvalue weighted by Gasteiger charge is -2.10. The van der Waals surface area contributed by atoms with Crippen molar-refractivity contribution in [3.63, 3.8) is 0 Å². The standard InChI is InChI=1S/C19H22N2O4/c1-13(2)25-16-9-7-14(8-10-16)12-20-18(22)19(23)21-15-5-4-6-17(11-15)24-3/h4-11,13H,12H2,1-3H3,(H,20,22)(H,21,23). The molecule has 0 saturated carbocycles. The van der Waals surface area contributed by atoms with Crippen molar-refractivity contribution in [2.75, 3.05) is 12.4 Å². The van der Waals surface area contributed by atoms with E-state index in [1.165, 1.54) is 7.11 Å². The van der Waals surface area contributed by atoms with E-state index in [0.29, 0.717) is 11.4 Å². The van der Waals surface area contributed by atoms with E-state index in [4.69, 9.17) is 9.47 Å². The minimum Gasteiger partial charge on any atom is -0.497 e.